The van der Waals surface area contributed by atoms with Gasteiger partial charge in [0, 0.05) is 12.8 Å². The minimum absolute atomic E-state index is 0.147. The lowest BCUT2D eigenvalue weighted by molar-refractivity contribution is 0.00401. The van der Waals surface area contributed by atoms with E-state index in [1.165, 1.54) is 12.3 Å². The normalized spacial score (nSPS) is 19.2. The summed E-state index contributed by atoms with van der Waals surface area (Å²) >= 11 is 6.79. The van der Waals surface area contributed by atoms with Gasteiger partial charge in [-0.15, -0.1) is 11.3 Å². The zero-order valence-electron chi connectivity index (χ0n) is 11.7. The zero-order chi connectivity index (χ0) is 15.6. The Bertz CT molecular complexity index is 735. The third-order valence-electron chi connectivity index (χ3n) is 3.36. The van der Waals surface area contributed by atoms with Gasteiger partial charge in [-0.25, -0.2) is 8.42 Å². The fourth-order valence-electron chi connectivity index (χ4n) is 2.32. The Kier molecular flexibility index (Phi) is 4.72. The van der Waals surface area contributed by atoms with Crippen LogP contribution < -0.4 is 4.72 Å². The van der Waals surface area contributed by atoms with Crippen LogP contribution in [-0.2, 0) is 21.3 Å². The number of hydrogen-bond acceptors (Lipinski definition) is 5. The van der Waals surface area contributed by atoms with Crippen LogP contribution in [0.25, 0.3) is 0 Å². The van der Waals surface area contributed by atoms with Crippen molar-refractivity contribution in [2.75, 3.05) is 11.3 Å². The molecule has 1 fully saturated rings. The van der Waals surface area contributed by atoms with Crippen molar-refractivity contribution in [2.24, 2.45) is 0 Å². The first-order valence-corrected chi connectivity index (χ1v) is 9.63. The van der Waals surface area contributed by atoms with E-state index in [0.717, 1.165) is 37.2 Å². The molecule has 0 bridgehead atoms. The van der Waals surface area contributed by atoms with Crippen LogP contribution in [-0.4, -0.2) is 30.9 Å². The lowest BCUT2D eigenvalue weighted by atomic mass is 10.1. The summed E-state index contributed by atoms with van der Waals surface area (Å²) in [5.41, 5.74) is 0.431. The van der Waals surface area contributed by atoms with Crippen molar-refractivity contribution in [3.8, 4) is 0 Å². The molecule has 1 atom stereocenters. The number of hydrogen-bond donors (Lipinski definition) is 1. The third-order valence-corrected chi connectivity index (χ3v) is 6.47. The summed E-state index contributed by atoms with van der Waals surface area (Å²) in [6, 6.07) is 3.04. The van der Waals surface area contributed by atoms with Gasteiger partial charge in [-0.3, -0.25) is 9.40 Å². The minimum Gasteiger partial charge on any atom is -0.376 e. The van der Waals surface area contributed by atoms with Gasteiger partial charge in [-0.05, 0) is 31.4 Å². The second-order valence-electron chi connectivity index (χ2n) is 5.10. The fourth-order valence-corrected chi connectivity index (χ4v) is 4.83. The van der Waals surface area contributed by atoms with Crippen LogP contribution in [0.15, 0.2) is 28.7 Å². The number of rotatable bonds is 5. The fraction of sp³-hybridized carbons (Fsp3) is 0.462. The minimum atomic E-state index is -3.61. The second-order valence-corrected chi connectivity index (χ2v) is 8.73. The van der Waals surface area contributed by atoms with Crippen LogP contribution in [0.5, 0.6) is 0 Å². The first kappa shape index (κ1) is 15.8. The number of thiophene rings is 1. The number of aromatic nitrogens is 2. The highest BCUT2D eigenvalue weighted by Crippen LogP contribution is 2.27. The van der Waals surface area contributed by atoms with Crippen LogP contribution in [0.2, 0.25) is 4.34 Å². The predicted molar refractivity (Wildman–Crippen MR) is 86.0 cm³/mol. The summed E-state index contributed by atoms with van der Waals surface area (Å²) < 4.78 is 34.9. The molecule has 1 unspecified atom stereocenters. The smallest absolute Gasteiger partial charge is 0.271 e. The van der Waals surface area contributed by atoms with Crippen LogP contribution in [0.1, 0.15) is 19.3 Å². The molecule has 9 heteroatoms. The van der Waals surface area contributed by atoms with E-state index >= 15 is 0 Å². The average Bonchev–Trinajstić information content (AvgIpc) is 3.09. The van der Waals surface area contributed by atoms with Crippen LogP contribution in [0.4, 0.5) is 5.69 Å². The van der Waals surface area contributed by atoms with Gasteiger partial charge in [0.2, 0.25) is 0 Å². The molecule has 22 heavy (non-hydrogen) atoms. The molecular weight excluding hydrogens is 346 g/mol. The molecule has 1 N–H and O–H groups in total. The van der Waals surface area contributed by atoms with Gasteiger partial charge in [-0.1, -0.05) is 11.6 Å². The number of nitrogens with zero attached hydrogens (tertiary/aromatic N) is 2. The van der Waals surface area contributed by atoms with Gasteiger partial charge >= 0.3 is 0 Å². The topological polar surface area (TPSA) is 73.2 Å². The van der Waals surface area contributed by atoms with E-state index in [0.29, 0.717) is 16.6 Å². The molecule has 2 aromatic heterocycles. The summed E-state index contributed by atoms with van der Waals surface area (Å²) in [4.78, 5) is 0. The molecule has 1 aliphatic heterocycles. The predicted octanol–water partition coefficient (Wildman–Crippen LogP) is 2.97. The Morgan fingerprint density at radius 2 is 2.32 bits per heavy atom. The second kappa shape index (κ2) is 6.57. The van der Waals surface area contributed by atoms with E-state index in [1.807, 2.05) is 0 Å². The van der Waals surface area contributed by atoms with E-state index < -0.39 is 10.0 Å². The van der Waals surface area contributed by atoms with Gasteiger partial charge in [0.1, 0.15) is 4.21 Å². The van der Waals surface area contributed by atoms with E-state index in [2.05, 4.69) is 9.82 Å². The van der Waals surface area contributed by atoms with Crippen molar-refractivity contribution in [2.45, 2.75) is 36.1 Å². The van der Waals surface area contributed by atoms with Crippen LogP contribution in [0, 0.1) is 0 Å². The molecule has 6 nitrogen and oxygen atoms in total. The van der Waals surface area contributed by atoms with Gasteiger partial charge < -0.3 is 4.74 Å². The summed E-state index contributed by atoms with van der Waals surface area (Å²) in [6.45, 7) is 1.41. The largest absolute Gasteiger partial charge is 0.376 e. The number of sulfonamides is 1. The van der Waals surface area contributed by atoms with Gasteiger partial charge in [-0.2, -0.15) is 5.10 Å². The summed E-state index contributed by atoms with van der Waals surface area (Å²) in [5, 5.41) is 4.18. The summed E-state index contributed by atoms with van der Waals surface area (Å²) in [7, 11) is -3.61. The van der Waals surface area contributed by atoms with Gasteiger partial charge in [0.25, 0.3) is 10.0 Å². The highest BCUT2D eigenvalue weighted by atomic mass is 35.5. The Balaban J connectivity index is 1.66. The maximum absolute atomic E-state index is 12.2. The van der Waals surface area contributed by atoms with Gasteiger partial charge in [0.05, 0.1) is 28.9 Å². The Hall–Kier alpha value is -1.09. The quantitative estimate of drug-likeness (QED) is 0.888. The molecule has 0 aromatic carbocycles. The highest BCUT2D eigenvalue weighted by Gasteiger charge is 2.19. The van der Waals surface area contributed by atoms with Crippen LogP contribution >= 0.6 is 22.9 Å². The monoisotopic (exact) mass is 361 g/mol. The molecule has 1 saturated heterocycles. The SMILES string of the molecule is O=S(=O)(Nc1cnn(CC2CCCCO2)c1)c1ccc(Cl)s1. The standard InChI is InChI=1S/C13H16ClN3O3S2/c14-12-4-5-13(21-12)22(18,19)16-10-7-15-17(8-10)9-11-3-1-2-6-20-11/h4-5,7-8,11,16H,1-3,6,9H2. The summed E-state index contributed by atoms with van der Waals surface area (Å²) in [6.07, 6.45) is 6.58. The van der Waals surface area contributed by atoms with E-state index in [4.69, 9.17) is 16.3 Å². The number of anilines is 1. The Labute approximate surface area is 138 Å². The molecule has 2 aromatic rings. The van der Waals surface area contributed by atoms with E-state index in [-0.39, 0.29) is 10.3 Å². The molecule has 0 radical (unpaired) electrons. The lowest BCUT2D eigenvalue weighted by Gasteiger charge is -2.22. The van der Waals surface area contributed by atoms with Crippen molar-refractivity contribution in [1.82, 2.24) is 9.78 Å². The molecule has 120 valence electrons. The molecular formula is C13H16ClN3O3S2. The molecule has 0 amide bonds. The maximum Gasteiger partial charge on any atom is 0.271 e. The van der Waals surface area contributed by atoms with Crippen LogP contribution in [0.3, 0.4) is 0 Å². The number of ether oxygens (including phenoxy) is 1. The van der Waals surface area contributed by atoms with Gasteiger partial charge in [0.15, 0.2) is 0 Å². The molecule has 0 aliphatic carbocycles. The zero-order valence-corrected chi connectivity index (χ0v) is 14.1. The van der Waals surface area contributed by atoms with Crippen molar-refractivity contribution in [1.29, 1.82) is 0 Å². The number of nitrogens with one attached hydrogen (secondary N) is 1. The third kappa shape index (κ3) is 3.81. The van der Waals surface area contributed by atoms with Crippen molar-refractivity contribution >= 4 is 38.6 Å². The van der Waals surface area contributed by atoms with Crippen molar-refractivity contribution in [3.63, 3.8) is 0 Å². The molecule has 1 aliphatic rings. The lowest BCUT2D eigenvalue weighted by Crippen LogP contribution is -2.24. The van der Waals surface area contributed by atoms with E-state index in [9.17, 15) is 8.42 Å². The van der Waals surface area contributed by atoms with E-state index in [1.54, 1.807) is 16.9 Å². The first-order valence-electron chi connectivity index (χ1n) is 6.95. The molecule has 0 saturated carbocycles. The average molecular weight is 362 g/mol. The highest BCUT2D eigenvalue weighted by molar-refractivity contribution is 7.94. The van der Waals surface area contributed by atoms with Crippen molar-refractivity contribution < 1.29 is 13.2 Å². The maximum atomic E-state index is 12.2. The first-order chi connectivity index (χ1) is 10.5. The molecule has 3 heterocycles. The Morgan fingerprint density at radius 1 is 1.45 bits per heavy atom. The Morgan fingerprint density at radius 3 is 3.00 bits per heavy atom. The molecule has 0 spiro atoms. The molecule has 3 rings (SSSR count). The summed E-state index contributed by atoms with van der Waals surface area (Å²) in [5.74, 6) is 0. The number of halogens is 1. The van der Waals surface area contributed by atoms with Crippen molar-refractivity contribution in [3.05, 3.63) is 28.9 Å².